The molecule has 0 fully saturated rings. The maximum Gasteiger partial charge on any atom is 0.252 e. The third kappa shape index (κ3) is 3.10. The highest BCUT2D eigenvalue weighted by Gasteiger charge is 2.10. The van der Waals surface area contributed by atoms with Crippen LogP contribution in [0.2, 0.25) is 0 Å². The van der Waals surface area contributed by atoms with E-state index in [-0.39, 0.29) is 5.91 Å². The van der Waals surface area contributed by atoms with Crippen LogP contribution >= 0.6 is 22.6 Å². The van der Waals surface area contributed by atoms with Crippen LogP contribution in [0.1, 0.15) is 21.5 Å². The minimum Gasteiger partial charge on any atom is -0.348 e. The Morgan fingerprint density at radius 2 is 1.83 bits per heavy atom. The topological polar surface area (TPSA) is 29.1 Å². The van der Waals surface area contributed by atoms with Crippen LogP contribution in [-0.2, 0) is 6.54 Å². The van der Waals surface area contributed by atoms with Crippen molar-refractivity contribution in [3.8, 4) is 0 Å². The van der Waals surface area contributed by atoms with Gasteiger partial charge in [0.2, 0.25) is 0 Å². The molecule has 2 aromatic carbocycles. The average Bonchev–Trinajstić information content (AvgIpc) is 2.40. The molecule has 2 nitrogen and oxygen atoms in total. The number of carbonyl (C=O) groups excluding carboxylic acids is 1. The third-order valence-electron chi connectivity index (χ3n) is 2.73. The van der Waals surface area contributed by atoms with Crippen LogP contribution in [0.3, 0.4) is 0 Å². The van der Waals surface area contributed by atoms with E-state index < -0.39 is 0 Å². The van der Waals surface area contributed by atoms with Crippen molar-refractivity contribution in [1.29, 1.82) is 0 Å². The Hall–Kier alpha value is -1.36. The maximum atomic E-state index is 12.1. The van der Waals surface area contributed by atoms with Gasteiger partial charge in [0.1, 0.15) is 0 Å². The molecule has 92 valence electrons. The molecule has 0 aliphatic carbocycles. The summed E-state index contributed by atoms with van der Waals surface area (Å²) in [4.78, 5) is 12.1. The van der Waals surface area contributed by atoms with Crippen molar-refractivity contribution in [3.05, 3.63) is 68.8 Å². The second kappa shape index (κ2) is 6.00. The van der Waals surface area contributed by atoms with Crippen LogP contribution in [0, 0.1) is 10.5 Å². The van der Waals surface area contributed by atoms with E-state index in [9.17, 15) is 4.79 Å². The molecule has 0 saturated carbocycles. The number of halogens is 1. The highest BCUT2D eigenvalue weighted by Crippen LogP contribution is 2.16. The van der Waals surface area contributed by atoms with E-state index in [4.69, 9.17) is 0 Å². The molecule has 0 unspecified atom stereocenters. The van der Waals surface area contributed by atoms with Gasteiger partial charge in [-0.25, -0.2) is 0 Å². The molecular formula is C15H14INO. The Bertz CT molecular complexity index is 552. The number of hydrogen-bond donors (Lipinski definition) is 1. The fraction of sp³-hybridized carbons (Fsp3) is 0.133. The van der Waals surface area contributed by atoms with Gasteiger partial charge in [0.05, 0.1) is 5.56 Å². The molecule has 0 heterocycles. The molecule has 0 atom stereocenters. The smallest absolute Gasteiger partial charge is 0.252 e. The van der Waals surface area contributed by atoms with Gasteiger partial charge in [-0.3, -0.25) is 4.79 Å². The van der Waals surface area contributed by atoms with E-state index in [0.717, 1.165) is 20.3 Å². The first-order chi connectivity index (χ1) is 8.68. The van der Waals surface area contributed by atoms with Gasteiger partial charge in [0, 0.05) is 10.1 Å². The van der Waals surface area contributed by atoms with Gasteiger partial charge in [-0.1, -0.05) is 42.5 Å². The summed E-state index contributed by atoms with van der Waals surface area (Å²) in [6.45, 7) is 2.57. The van der Waals surface area contributed by atoms with Gasteiger partial charge >= 0.3 is 0 Å². The van der Waals surface area contributed by atoms with Crippen molar-refractivity contribution in [2.45, 2.75) is 13.5 Å². The summed E-state index contributed by atoms with van der Waals surface area (Å²) in [6.07, 6.45) is 0. The predicted octanol–water partition coefficient (Wildman–Crippen LogP) is 3.53. The second-order valence-electron chi connectivity index (χ2n) is 4.10. The first-order valence-electron chi connectivity index (χ1n) is 5.75. The summed E-state index contributed by atoms with van der Waals surface area (Å²) in [5.41, 5.74) is 2.98. The highest BCUT2D eigenvalue weighted by molar-refractivity contribution is 14.1. The Morgan fingerprint density at radius 3 is 2.56 bits per heavy atom. The summed E-state index contributed by atoms with van der Waals surface area (Å²) in [7, 11) is 0. The summed E-state index contributed by atoms with van der Waals surface area (Å²) in [5.74, 6) is -0.0213. The van der Waals surface area contributed by atoms with Gasteiger partial charge in [0.15, 0.2) is 0 Å². The zero-order valence-electron chi connectivity index (χ0n) is 10.1. The number of nitrogens with one attached hydrogen (secondary N) is 1. The van der Waals surface area contributed by atoms with Crippen molar-refractivity contribution in [2.24, 2.45) is 0 Å². The molecule has 0 aromatic heterocycles. The van der Waals surface area contributed by atoms with Crippen molar-refractivity contribution in [2.75, 3.05) is 0 Å². The molecule has 2 rings (SSSR count). The van der Waals surface area contributed by atoms with Gasteiger partial charge < -0.3 is 5.32 Å². The lowest BCUT2D eigenvalue weighted by Crippen LogP contribution is -2.23. The average molecular weight is 351 g/mol. The zero-order valence-corrected chi connectivity index (χ0v) is 12.3. The van der Waals surface area contributed by atoms with Gasteiger partial charge in [-0.2, -0.15) is 0 Å². The van der Waals surface area contributed by atoms with E-state index in [0.29, 0.717) is 6.54 Å². The van der Waals surface area contributed by atoms with Crippen LogP contribution < -0.4 is 5.32 Å². The third-order valence-corrected chi connectivity index (χ3v) is 4.16. The molecule has 0 aliphatic heterocycles. The predicted molar refractivity (Wildman–Crippen MR) is 81.5 cm³/mol. The first kappa shape index (κ1) is 13.1. The molecule has 0 radical (unpaired) electrons. The fourth-order valence-corrected chi connectivity index (χ4v) is 2.30. The molecule has 0 saturated heterocycles. The lowest BCUT2D eigenvalue weighted by atomic mass is 10.1. The normalized spacial score (nSPS) is 10.1. The number of carbonyl (C=O) groups is 1. The standard InChI is InChI=1S/C15H14INO/c1-11-6-5-9-13(14(11)16)15(18)17-10-12-7-3-2-4-8-12/h2-9H,10H2,1H3,(H,17,18). The van der Waals surface area contributed by atoms with E-state index in [1.54, 1.807) is 0 Å². The monoisotopic (exact) mass is 351 g/mol. The lowest BCUT2D eigenvalue weighted by molar-refractivity contribution is 0.0950. The molecular weight excluding hydrogens is 337 g/mol. The van der Waals surface area contributed by atoms with Crippen LogP contribution in [0.5, 0.6) is 0 Å². The molecule has 3 heteroatoms. The molecule has 1 N–H and O–H groups in total. The van der Waals surface area contributed by atoms with Crippen molar-refractivity contribution in [3.63, 3.8) is 0 Å². The Kier molecular flexibility index (Phi) is 4.36. The van der Waals surface area contributed by atoms with E-state index in [1.165, 1.54) is 0 Å². The first-order valence-corrected chi connectivity index (χ1v) is 6.83. The summed E-state index contributed by atoms with van der Waals surface area (Å²) < 4.78 is 1.01. The minimum absolute atomic E-state index is 0.0213. The second-order valence-corrected chi connectivity index (χ2v) is 5.18. The number of benzene rings is 2. The van der Waals surface area contributed by atoms with Gasteiger partial charge in [-0.15, -0.1) is 0 Å². The summed E-state index contributed by atoms with van der Waals surface area (Å²) in [5, 5.41) is 2.94. The molecule has 18 heavy (non-hydrogen) atoms. The van der Waals surface area contributed by atoms with E-state index in [2.05, 4.69) is 27.9 Å². The summed E-state index contributed by atoms with van der Waals surface area (Å²) >= 11 is 2.21. The van der Waals surface area contributed by atoms with Crippen LogP contribution in [-0.4, -0.2) is 5.91 Å². The van der Waals surface area contributed by atoms with Crippen LogP contribution in [0.15, 0.2) is 48.5 Å². The van der Waals surface area contributed by atoms with Crippen molar-refractivity contribution < 1.29 is 4.79 Å². The zero-order chi connectivity index (χ0) is 13.0. The van der Waals surface area contributed by atoms with Crippen molar-refractivity contribution >= 4 is 28.5 Å². The number of hydrogen-bond acceptors (Lipinski definition) is 1. The maximum absolute atomic E-state index is 12.1. The Morgan fingerprint density at radius 1 is 1.11 bits per heavy atom. The molecule has 2 aromatic rings. The number of amides is 1. The minimum atomic E-state index is -0.0213. The van der Waals surface area contributed by atoms with E-state index in [1.807, 2.05) is 55.5 Å². The Balaban J connectivity index is 2.07. The van der Waals surface area contributed by atoms with Crippen LogP contribution in [0.4, 0.5) is 0 Å². The fourth-order valence-electron chi connectivity index (χ4n) is 1.70. The van der Waals surface area contributed by atoms with Crippen LogP contribution in [0.25, 0.3) is 0 Å². The Labute approximate surface area is 121 Å². The van der Waals surface area contributed by atoms with Gasteiger partial charge in [0.25, 0.3) is 5.91 Å². The molecule has 0 spiro atoms. The molecule has 1 amide bonds. The number of rotatable bonds is 3. The molecule has 0 aliphatic rings. The van der Waals surface area contributed by atoms with Crippen molar-refractivity contribution in [1.82, 2.24) is 5.32 Å². The van der Waals surface area contributed by atoms with Gasteiger partial charge in [-0.05, 0) is 46.7 Å². The quantitative estimate of drug-likeness (QED) is 0.843. The highest BCUT2D eigenvalue weighted by atomic mass is 127. The SMILES string of the molecule is Cc1cccc(C(=O)NCc2ccccc2)c1I. The molecule has 0 bridgehead atoms. The largest absolute Gasteiger partial charge is 0.348 e. The summed E-state index contributed by atoms with van der Waals surface area (Å²) in [6, 6.07) is 15.7. The van der Waals surface area contributed by atoms with E-state index >= 15 is 0 Å². The lowest BCUT2D eigenvalue weighted by Gasteiger charge is -2.08. The number of aryl methyl sites for hydroxylation is 1.